The molecule has 0 aromatic heterocycles. The van der Waals surface area contributed by atoms with Gasteiger partial charge in [-0.05, 0) is 75.0 Å². The highest BCUT2D eigenvalue weighted by molar-refractivity contribution is 4.95. The van der Waals surface area contributed by atoms with Crippen LogP contribution >= 0.6 is 0 Å². The number of hydrogen-bond acceptors (Lipinski definition) is 1. The summed E-state index contributed by atoms with van der Waals surface area (Å²) in [6.45, 7) is 2.86. The van der Waals surface area contributed by atoms with Crippen LogP contribution in [0.5, 0.6) is 0 Å². The highest BCUT2D eigenvalue weighted by Crippen LogP contribution is 2.42. The fourth-order valence-electron chi connectivity index (χ4n) is 6.15. The molecule has 0 N–H and O–H groups in total. The van der Waals surface area contributed by atoms with Gasteiger partial charge in [0.05, 0.1) is 0 Å². The zero-order chi connectivity index (χ0) is 14.8. The summed E-state index contributed by atoms with van der Waals surface area (Å²) in [4.78, 5) is 2.92. The smallest absolute Gasteiger partial charge is 0.00957 e. The summed E-state index contributed by atoms with van der Waals surface area (Å²) >= 11 is 0. The van der Waals surface area contributed by atoms with Crippen molar-refractivity contribution in [2.75, 3.05) is 13.1 Å². The molecule has 4 aliphatic rings. The molecule has 2 unspecified atom stereocenters. The minimum atomic E-state index is 0.943. The van der Waals surface area contributed by atoms with E-state index >= 15 is 0 Å². The number of fused-ring (bicyclic) bond motifs is 1. The minimum absolute atomic E-state index is 0.943. The van der Waals surface area contributed by atoms with Gasteiger partial charge >= 0.3 is 0 Å². The van der Waals surface area contributed by atoms with Crippen molar-refractivity contribution in [1.82, 2.24) is 4.90 Å². The topological polar surface area (TPSA) is 3.24 Å². The first kappa shape index (κ1) is 15.2. The standard InChI is InChI=1S/C21H35N/c1-2-4-10-20-16-22(15-19(20)9-3-1)21-13-11-18(12-14-21)17-7-5-6-8-17/h1-2,17-21H,3-16H2/b2-1+. The Labute approximate surface area is 137 Å². The third kappa shape index (κ3) is 3.30. The van der Waals surface area contributed by atoms with Crippen molar-refractivity contribution < 1.29 is 0 Å². The largest absolute Gasteiger partial charge is 0.300 e. The minimum Gasteiger partial charge on any atom is -0.300 e. The second kappa shape index (κ2) is 7.07. The zero-order valence-electron chi connectivity index (χ0n) is 14.4. The Morgan fingerprint density at radius 3 is 1.68 bits per heavy atom. The van der Waals surface area contributed by atoms with Gasteiger partial charge < -0.3 is 0 Å². The van der Waals surface area contributed by atoms with Crippen LogP contribution in [-0.4, -0.2) is 24.0 Å². The molecule has 0 radical (unpaired) electrons. The highest BCUT2D eigenvalue weighted by Gasteiger charge is 2.38. The molecule has 1 saturated heterocycles. The number of hydrogen-bond donors (Lipinski definition) is 0. The maximum Gasteiger partial charge on any atom is 0.00957 e. The molecule has 4 rings (SSSR count). The molecule has 1 heterocycles. The van der Waals surface area contributed by atoms with Crippen LogP contribution in [0.25, 0.3) is 0 Å². The third-order valence-corrected chi connectivity index (χ3v) is 7.50. The van der Waals surface area contributed by atoms with Crippen molar-refractivity contribution in [3.05, 3.63) is 12.2 Å². The molecule has 124 valence electrons. The molecule has 0 aromatic carbocycles. The van der Waals surface area contributed by atoms with Crippen LogP contribution in [0.15, 0.2) is 12.2 Å². The van der Waals surface area contributed by atoms with E-state index in [9.17, 15) is 0 Å². The van der Waals surface area contributed by atoms with E-state index in [4.69, 9.17) is 0 Å². The van der Waals surface area contributed by atoms with Crippen molar-refractivity contribution in [1.29, 1.82) is 0 Å². The average molecular weight is 302 g/mol. The maximum atomic E-state index is 2.92. The lowest BCUT2D eigenvalue weighted by Crippen LogP contribution is -2.37. The number of nitrogens with zero attached hydrogens (tertiary/aromatic N) is 1. The Morgan fingerprint density at radius 2 is 1.09 bits per heavy atom. The first-order valence-electron chi connectivity index (χ1n) is 10.3. The summed E-state index contributed by atoms with van der Waals surface area (Å²) < 4.78 is 0. The molecular formula is C21H35N. The van der Waals surface area contributed by atoms with E-state index in [1.807, 2.05) is 0 Å². The lowest BCUT2D eigenvalue weighted by Gasteiger charge is -2.37. The summed E-state index contributed by atoms with van der Waals surface area (Å²) in [6, 6.07) is 0.943. The van der Waals surface area contributed by atoms with Gasteiger partial charge in [-0.3, -0.25) is 4.90 Å². The molecule has 3 fully saturated rings. The van der Waals surface area contributed by atoms with Gasteiger partial charge in [-0.15, -0.1) is 0 Å². The number of likely N-dealkylation sites (tertiary alicyclic amines) is 1. The van der Waals surface area contributed by atoms with Gasteiger partial charge in [0.1, 0.15) is 0 Å². The Hall–Kier alpha value is -0.300. The monoisotopic (exact) mass is 301 g/mol. The molecule has 3 aliphatic carbocycles. The second-order valence-electron chi connectivity index (χ2n) is 8.71. The van der Waals surface area contributed by atoms with Gasteiger partial charge in [-0.1, -0.05) is 37.8 Å². The summed E-state index contributed by atoms with van der Waals surface area (Å²) in [5.74, 6) is 4.23. The van der Waals surface area contributed by atoms with Crippen LogP contribution in [0.1, 0.15) is 77.0 Å². The fraction of sp³-hybridized carbons (Fsp3) is 0.905. The van der Waals surface area contributed by atoms with Gasteiger partial charge in [0, 0.05) is 19.1 Å². The molecular weight excluding hydrogens is 266 g/mol. The summed E-state index contributed by atoms with van der Waals surface area (Å²) in [6.07, 6.45) is 22.7. The third-order valence-electron chi connectivity index (χ3n) is 7.50. The van der Waals surface area contributed by atoms with Crippen LogP contribution in [0.3, 0.4) is 0 Å². The molecule has 0 bridgehead atoms. The number of rotatable bonds is 2. The van der Waals surface area contributed by atoms with E-state index in [1.54, 1.807) is 25.7 Å². The first-order valence-corrected chi connectivity index (χ1v) is 10.3. The molecule has 0 amide bonds. The van der Waals surface area contributed by atoms with Crippen LogP contribution in [0.2, 0.25) is 0 Å². The Kier molecular flexibility index (Phi) is 4.90. The molecule has 0 spiro atoms. The quantitative estimate of drug-likeness (QED) is 0.616. The molecule has 2 saturated carbocycles. The van der Waals surface area contributed by atoms with Gasteiger partial charge in [0.25, 0.3) is 0 Å². The van der Waals surface area contributed by atoms with E-state index < -0.39 is 0 Å². The normalized spacial score (nSPS) is 42.7. The van der Waals surface area contributed by atoms with Crippen molar-refractivity contribution in [3.63, 3.8) is 0 Å². The van der Waals surface area contributed by atoms with Crippen LogP contribution < -0.4 is 0 Å². The van der Waals surface area contributed by atoms with E-state index in [1.165, 1.54) is 64.5 Å². The van der Waals surface area contributed by atoms with Crippen molar-refractivity contribution in [2.24, 2.45) is 23.7 Å². The van der Waals surface area contributed by atoms with E-state index in [0.717, 1.165) is 29.7 Å². The Bertz CT molecular complexity index is 355. The van der Waals surface area contributed by atoms with Crippen LogP contribution in [0.4, 0.5) is 0 Å². The summed E-state index contributed by atoms with van der Waals surface area (Å²) in [5, 5.41) is 0. The molecule has 1 heteroatoms. The predicted molar refractivity (Wildman–Crippen MR) is 93.9 cm³/mol. The second-order valence-corrected chi connectivity index (χ2v) is 8.71. The first-order chi connectivity index (χ1) is 10.9. The summed E-state index contributed by atoms with van der Waals surface area (Å²) in [5.41, 5.74) is 0. The van der Waals surface area contributed by atoms with Crippen LogP contribution in [-0.2, 0) is 0 Å². The van der Waals surface area contributed by atoms with Crippen molar-refractivity contribution in [2.45, 2.75) is 83.1 Å². The Balaban J connectivity index is 1.29. The van der Waals surface area contributed by atoms with Gasteiger partial charge in [-0.2, -0.15) is 0 Å². The highest BCUT2D eigenvalue weighted by atomic mass is 15.2. The molecule has 22 heavy (non-hydrogen) atoms. The molecule has 0 aromatic rings. The average Bonchev–Trinajstić information content (AvgIpc) is 3.18. The number of allylic oxidation sites excluding steroid dienone is 2. The van der Waals surface area contributed by atoms with Gasteiger partial charge in [0.2, 0.25) is 0 Å². The van der Waals surface area contributed by atoms with Gasteiger partial charge in [-0.25, -0.2) is 0 Å². The van der Waals surface area contributed by atoms with Crippen molar-refractivity contribution in [3.8, 4) is 0 Å². The van der Waals surface area contributed by atoms with E-state index in [0.29, 0.717) is 0 Å². The van der Waals surface area contributed by atoms with Crippen molar-refractivity contribution >= 4 is 0 Å². The Morgan fingerprint density at radius 1 is 0.545 bits per heavy atom. The molecule has 2 atom stereocenters. The lowest BCUT2D eigenvalue weighted by molar-refractivity contribution is 0.133. The lowest BCUT2D eigenvalue weighted by atomic mass is 9.77. The fourth-order valence-corrected chi connectivity index (χ4v) is 6.15. The summed E-state index contributed by atoms with van der Waals surface area (Å²) in [7, 11) is 0. The SMILES string of the molecule is C1=C/CCC2CN(C3CCC(C4CCCC4)CC3)CC2CC/1. The zero-order valence-corrected chi connectivity index (χ0v) is 14.4. The van der Waals surface area contributed by atoms with E-state index in [-0.39, 0.29) is 0 Å². The van der Waals surface area contributed by atoms with Gasteiger partial charge in [0.15, 0.2) is 0 Å². The molecule has 1 nitrogen and oxygen atoms in total. The molecule has 1 aliphatic heterocycles. The predicted octanol–water partition coefficient (Wildman–Crippen LogP) is 5.41. The van der Waals surface area contributed by atoms with E-state index in [2.05, 4.69) is 17.1 Å². The maximum absolute atomic E-state index is 2.92. The van der Waals surface area contributed by atoms with Crippen LogP contribution in [0, 0.1) is 23.7 Å².